The zero-order valence-electron chi connectivity index (χ0n) is 13.3. The van der Waals surface area contributed by atoms with Gasteiger partial charge in [0.1, 0.15) is 5.38 Å². The number of halogens is 2. The van der Waals surface area contributed by atoms with E-state index in [1.165, 1.54) is 6.92 Å². The first-order valence-corrected chi connectivity index (χ1v) is 8.37. The number of alkyl halides is 1. The molecule has 1 amide bonds. The summed E-state index contributed by atoms with van der Waals surface area (Å²) in [6, 6.07) is 14.4. The Morgan fingerprint density at radius 1 is 1.20 bits per heavy atom. The molecule has 1 unspecified atom stereocenters. The number of benzene rings is 2. The van der Waals surface area contributed by atoms with Crippen LogP contribution in [0.25, 0.3) is 0 Å². The number of oxime groups is 1. The van der Waals surface area contributed by atoms with E-state index in [2.05, 4.69) is 5.16 Å². The molecule has 1 atom stereocenters. The molecule has 0 radical (unpaired) electrons. The highest BCUT2D eigenvalue weighted by Gasteiger charge is 2.34. The SMILES string of the molecule is CC(Cl)C(=O)ON=C1C(=O)N(Cc2ccc(Cl)cc2)c2ccccc21. The molecule has 0 saturated heterocycles. The minimum atomic E-state index is -0.846. The molecule has 0 spiro atoms. The number of fused-ring (bicyclic) bond motifs is 1. The van der Waals surface area contributed by atoms with Gasteiger partial charge in [-0.15, -0.1) is 11.6 Å². The van der Waals surface area contributed by atoms with Crippen LogP contribution in [-0.2, 0) is 21.0 Å². The number of hydrogen-bond donors (Lipinski definition) is 0. The van der Waals surface area contributed by atoms with Gasteiger partial charge in [-0.2, -0.15) is 0 Å². The van der Waals surface area contributed by atoms with E-state index in [4.69, 9.17) is 28.0 Å². The van der Waals surface area contributed by atoms with Gasteiger partial charge < -0.3 is 9.74 Å². The summed E-state index contributed by atoms with van der Waals surface area (Å²) in [4.78, 5) is 30.6. The quantitative estimate of drug-likeness (QED) is 0.463. The van der Waals surface area contributed by atoms with Gasteiger partial charge in [0.05, 0.1) is 12.2 Å². The third kappa shape index (κ3) is 3.67. The molecule has 0 fully saturated rings. The molecule has 128 valence electrons. The Morgan fingerprint density at radius 2 is 1.88 bits per heavy atom. The van der Waals surface area contributed by atoms with E-state index >= 15 is 0 Å². The molecule has 1 aliphatic rings. The Labute approximate surface area is 154 Å². The monoisotopic (exact) mass is 376 g/mol. The molecule has 0 saturated carbocycles. The van der Waals surface area contributed by atoms with Gasteiger partial charge in [0.2, 0.25) is 0 Å². The number of rotatable bonds is 4. The molecule has 2 aromatic carbocycles. The molecule has 0 aliphatic carbocycles. The summed E-state index contributed by atoms with van der Waals surface area (Å²) in [5.74, 6) is -1.05. The van der Waals surface area contributed by atoms with Gasteiger partial charge in [0, 0.05) is 10.6 Å². The Bertz CT molecular complexity index is 848. The molecule has 5 nitrogen and oxygen atoms in total. The second-order valence-electron chi connectivity index (χ2n) is 5.50. The lowest BCUT2D eigenvalue weighted by atomic mass is 10.1. The van der Waals surface area contributed by atoms with E-state index in [0.29, 0.717) is 22.8 Å². The zero-order valence-corrected chi connectivity index (χ0v) is 14.8. The molecule has 3 rings (SSSR count). The van der Waals surface area contributed by atoms with Crippen molar-refractivity contribution in [3.05, 3.63) is 64.7 Å². The average molecular weight is 377 g/mol. The predicted octanol–water partition coefficient (Wildman–Crippen LogP) is 3.76. The van der Waals surface area contributed by atoms with E-state index in [1.54, 1.807) is 29.2 Å². The largest absolute Gasteiger partial charge is 0.352 e. The van der Waals surface area contributed by atoms with Gasteiger partial charge >= 0.3 is 5.97 Å². The molecular weight excluding hydrogens is 363 g/mol. The summed E-state index contributed by atoms with van der Waals surface area (Å²) in [5.41, 5.74) is 2.31. The Morgan fingerprint density at radius 3 is 2.56 bits per heavy atom. The lowest BCUT2D eigenvalue weighted by Gasteiger charge is -2.16. The van der Waals surface area contributed by atoms with Crippen LogP contribution in [0.5, 0.6) is 0 Å². The van der Waals surface area contributed by atoms with Gasteiger partial charge in [-0.1, -0.05) is 47.1 Å². The van der Waals surface area contributed by atoms with Crippen LogP contribution < -0.4 is 4.90 Å². The van der Waals surface area contributed by atoms with Crippen molar-refractivity contribution < 1.29 is 14.4 Å². The summed E-state index contributed by atoms with van der Waals surface area (Å²) >= 11 is 11.5. The van der Waals surface area contributed by atoms with Crippen LogP contribution in [-0.4, -0.2) is 23.0 Å². The van der Waals surface area contributed by atoms with Crippen molar-refractivity contribution in [2.24, 2.45) is 5.16 Å². The molecule has 2 aromatic rings. The fourth-order valence-electron chi connectivity index (χ4n) is 2.44. The van der Waals surface area contributed by atoms with E-state index < -0.39 is 11.3 Å². The van der Waals surface area contributed by atoms with Gasteiger partial charge in [0.25, 0.3) is 5.91 Å². The standard InChI is InChI=1S/C18H14Cl2N2O3/c1-11(19)18(24)25-21-16-14-4-2-3-5-15(14)22(17(16)23)10-12-6-8-13(20)9-7-12/h2-9,11H,10H2,1H3. The minimum Gasteiger partial charge on any atom is -0.316 e. The number of hydrogen-bond acceptors (Lipinski definition) is 4. The maximum atomic E-state index is 12.8. The number of nitrogens with zero attached hydrogens (tertiary/aromatic N) is 2. The highest BCUT2D eigenvalue weighted by Crippen LogP contribution is 2.31. The maximum absolute atomic E-state index is 12.8. The molecule has 7 heteroatoms. The molecule has 1 heterocycles. The smallest absolute Gasteiger partial charge is 0.316 e. The Kier molecular flexibility index (Phi) is 5.06. The van der Waals surface area contributed by atoms with E-state index in [0.717, 1.165) is 5.56 Å². The Hall–Kier alpha value is -2.37. The summed E-state index contributed by atoms with van der Waals surface area (Å²) in [6.45, 7) is 1.83. The lowest BCUT2D eigenvalue weighted by molar-refractivity contribution is -0.142. The third-order valence-electron chi connectivity index (χ3n) is 3.70. The van der Waals surface area contributed by atoms with Crippen molar-refractivity contribution in [2.75, 3.05) is 4.90 Å². The number of anilines is 1. The van der Waals surface area contributed by atoms with Crippen molar-refractivity contribution in [3.63, 3.8) is 0 Å². The van der Waals surface area contributed by atoms with Crippen molar-refractivity contribution >= 4 is 46.5 Å². The zero-order chi connectivity index (χ0) is 18.0. The molecule has 0 aromatic heterocycles. The fraction of sp³-hybridized carbons (Fsp3) is 0.167. The van der Waals surface area contributed by atoms with Gasteiger partial charge in [0.15, 0.2) is 5.71 Å². The number of carbonyl (C=O) groups is 2. The normalized spacial score (nSPS) is 16.0. The topological polar surface area (TPSA) is 59.0 Å². The van der Waals surface area contributed by atoms with E-state index in [1.807, 2.05) is 24.3 Å². The number of para-hydroxylation sites is 1. The van der Waals surface area contributed by atoms with Crippen LogP contribution in [0.4, 0.5) is 5.69 Å². The van der Waals surface area contributed by atoms with Crippen LogP contribution in [0.3, 0.4) is 0 Å². The lowest BCUT2D eigenvalue weighted by Crippen LogP contribution is -2.30. The van der Waals surface area contributed by atoms with Crippen LogP contribution >= 0.6 is 23.2 Å². The molecule has 0 N–H and O–H groups in total. The minimum absolute atomic E-state index is 0.0789. The molecule has 25 heavy (non-hydrogen) atoms. The molecule has 1 aliphatic heterocycles. The molecular formula is C18H14Cl2N2O3. The average Bonchev–Trinajstić information content (AvgIpc) is 2.86. The second-order valence-corrected chi connectivity index (χ2v) is 6.59. The van der Waals surface area contributed by atoms with Crippen molar-refractivity contribution in [3.8, 4) is 0 Å². The first-order chi connectivity index (χ1) is 12.0. The first kappa shape index (κ1) is 17.5. The van der Waals surface area contributed by atoms with E-state index in [-0.39, 0.29) is 11.6 Å². The van der Waals surface area contributed by atoms with E-state index in [9.17, 15) is 9.59 Å². The van der Waals surface area contributed by atoms with Crippen LogP contribution in [0, 0.1) is 0 Å². The predicted molar refractivity (Wildman–Crippen MR) is 97.0 cm³/mol. The van der Waals surface area contributed by atoms with Gasteiger partial charge in [-0.25, -0.2) is 4.79 Å². The first-order valence-electron chi connectivity index (χ1n) is 7.56. The molecule has 0 bridgehead atoms. The number of amides is 1. The summed E-state index contributed by atoms with van der Waals surface area (Å²) < 4.78 is 0. The highest BCUT2D eigenvalue weighted by atomic mass is 35.5. The third-order valence-corrected chi connectivity index (χ3v) is 4.13. The summed E-state index contributed by atoms with van der Waals surface area (Å²) in [6.07, 6.45) is 0. The number of carbonyl (C=O) groups excluding carboxylic acids is 2. The van der Waals surface area contributed by atoms with Gasteiger partial charge in [-0.05, 0) is 30.7 Å². The summed E-state index contributed by atoms with van der Waals surface area (Å²) in [7, 11) is 0. The van der Waals surface area contributed by atoms with Crippen LogP contribution in [0.2, 0.25) is 5.02 Å². The van der Waals surface area contributed by atoms with Crippen molar-refractivity contribution in [2.45, 2.75) is 18.8 Å². The second kappa shape index (κ2) is 7.25. The van der Waals surface area contributed by atoms with Crippen molar-refractivity contribution in [1.82, 2.24) is 0 Å². The maximum Gasteiger partial charge on any atom is 0.352 e. The van der Waals surface area contributed by atoms with Crippen LogP contribution in [0.1, 0.15) is 18.1 Å². The fourth-order valence-corrected chi connectivity index (χ4v) is 2.61. The van der Waals surface area contributed by atoms with Crippen LogP contribution in [0.15, 0.2) is 53.7 Å². The highest BCUT2D eigenvalue weighted by molar-refractivity contribution is 6.54. The van der Waals surface area contributed by atoms with Crippen molar-refractivity contribution in [1.29, 1.82) is 0 Å². The Balaban J connectivity index is 1.91. The summed E-state index contributed by atoms with van der Waals surface area (Å²) in [5, 5.41) is 3.52. The van der Waals surface area contributed by atoms with Gasteiger partial charge in [-0.3, -0.25) is 4.79 Å².